The topological polar surface area (TPSA) is 115 Å². The van der Waals surface area contributed by atoms with E-state index < -0.39 is 11.8 Å². The molecule has 11 heteroatoms. The second-order valence-corrected chi connectivity index (χ2v) is 11.4. The molecule has 2 saturated heterocycles. The lowest BCUT2D eigenvalue weighted by molar-refractivity contribution is -0.0586. The third-order valence-electron chi connectivity index (χ3n) is 8.30. The minimum absolute atomic E-state index is 0.00310. The third-order valence-corrected chi connectivity index (χ3v) is 8.30. The number of ether oxygens (including phenoxy) is 3. The highest BCUT2D eigenvalue weighted by atomic mass is 19.1. The minimum atomic E-state index is -0.490. The van der Waals surface area contributed by atoms with Crippen LogP contribution >= 0.6 is 0 Å². The molecule has 0 bridgehead atoms. The average molecular weight is 599 g/mol. The SMILES string of the molecule is C[C@H]1CN([C@@H](C)COC(=O)c2ccc3ncn(C[C@@H]4CCO4)c3c2)[C@H](c2ncccc2OCc2ccc(C#N)cc2F)CN1. The van der Waals surface area contributed by atoms with Crippen LogP contribution < -0.4 is 10.1 Å². The average Bonchev–Trinajstić information content (AvgIpc) is 3.43. The zero-order valence-corrected chi connectivity index (χ0v) is 24.8. The molecule has 10 nitrogen and oxygen atoms in total. The van der Waals surface area contributed by atoms with Gasteiger partial charge in [0.15, 0.2) is 0 Å². The summed E-state index contributed by atoms with van der Waals surface area (Å²) in [6.45, 7) is 7.14. The van der Waals surface area contributed by atoms with Crippen LogP contribution in [0.25, 0.3) is 11.0 Å². The maximum Gasteiger partial charge on any atom is 0.338 e. The number of carbonyl (C=O) groups is 1. The number of piperazine rings is 1. The number of imidazole rings is 1. The van der Waals surface area contributed by atoms with Crippen LogP contribution in [0.2, 0.25) is 0 Å². The van der Waals surface area contributed by atoms with Gasteiger partial charge in [0.25, 0.3) is 0 Å². The fourth-order valence-corrected chi connectivity index (χ4v) is 5.70. The zero-order valence-electron chi connectivity index (χ0n) is 24.8. The van der Waals surface area contributed by atoms with Gasteiger partial charge < -0.3 is 24.1 Å². The highest BCUT2D eigenvalue weighted by Gasteiger charge is 2.34. The Morgan fingerprint density at radius 1 is 1.25 bits per heavy atom. The summed E-state index contributed by atoms with van der Waals surface area (Å²) < 4.78 is 34.0. The van der Waals surface area contributed by atoms with Gasteiger partial charge in [-0.15, -0.1) is 0 Å². The summed E-state index contributed by atoms with van der Waals surface area (Å²) in [5.74, 6) is -0.336. The zero-order chi connectivity index (χ0) is 30.6. The number of nitrogens with zero attached hydrogens (tertiary/aromatic N) is 5. The fourth-order valence-electron chi connectivity index (χ4n) is 5.70. The standard InChI is InChI=1S/C33H35FN6O4/c1-21-16-40(22(2)18-44-33(41)24-7-8-28-29(13-24)39(20-38-28)17-26-9-11-42-26)30(15-37-21)32-31(4-3-10-36-32)43-19-25-6-5-23(14-35)12-27(25)34/h3-8,10,12-13,20-22,26,30,37H,9,11,15-19H2,1-2H3/t21-,22-,26-,30-/m0/s1. The van der Waals surface area contributed by atoms with E-state index in [0.717, 1.165) is 24.1 Å². The normalized spacial score (nSPS) is 20.9. The molecule has 228 valence electrons. The summed E-state index contributed by atoms with van der Waals surface area (Å²) in [6.07, 6.45) is 4.70. The number of fused-ring (bicyclic) bond motifs is 1. The predicted molar refractivity (Wildman–Crippen MR) is 160 cm³/mol. The van der Waals surface area contributed by atoms with Gasteiger partial charge >= 0.3 is 5.97 Å². The summed E-state index contributed by atoms with van der Waals surface area (Å²) in [5, 5.41) is 12.5. The first kappa shape index (κ1) is 29.7. The first-order valence-corrected chi connectivity index (χ1v) is 14.9. The molecule has 6 rings (SSSR count). The van der Waals surface area contributed by atoms with E-state index in [1.807, 2.05) is 35.8 Å². The number of pyridine rings is 1. The number of aromatic nitrogens is 3. The number of nitriles is 1. The highest BCUT2D eigenvalue weighted by molar-refractivity contribution is 5.93. The molecule has 1 N–H and O–H groups in total. The van der Waals surface area contributed by atoms with E-state index in [2.05, 4.69) is 27.1 Å². The van der Waals surface area contributed by atoms with Gasteiger partial charge in [0, 0.05) is 43.5 Å². The van der Waals surface area contributed by atoms with Crippen molar-refractivity contribution < 1.29 is 23.4 Å². The second-order valence-electron chi connectivity index (χ2n) is 11.4. The number of esters is 1. The van der Waals surface area contributed by atoms with Gasteiger partial charge in [-0.1, -0.05) is 6.07 Å². The molecule has 0 radical (unpaired) electrons. The van der Waals surface area contributed by atoms with E-state index in [9.17, 15) is 9.18 Å². The van der Waals surface area contributed by atoms with Crippen molar-refractivity contribution in [2.24, 2.45) is 0 Å². The monoisotopic (exact) mass is 598 g/mol. The maximum absolute atomic E-state index is 14.5. The number of hydrogen-bond acceptors (Lipinski definition) is 9. The smallest absolute Gasteiger partial charge is 0.338 e. The molecule has 0 spiro atoms. The molecule has 0 saturated carbocycles. The van der Waals surface area contributed by atoms with Gasteiger partial charge in [-0.25, -0.2) is 14.2 Å². The Bertz CT molecular complexity index is 1680. The third kappa shape index (κ3) is 6.43. The van der Waals surface area contributed by atoms with Gasteiger partial charge in [-0.05, 0) is 62.7 Å². The summed E-state index contributed by atoms with van der Waals surface area (Å²) in [6, 6.07) is 15.2. The lowest BCUT2D eigenvalue weighted by Gasteiger charge is -2.42. The molecule has 4 heterocycles. The molecule has 4 aromatic rings. The Morgan fingerprint density at radius 2 is 2.11 bits per heavy atom. The number of hydrogen-bond donors (Lipinski definition) is 1. The van der Waals surface area contributed by atoms with Crippen LogP contribution in [-0.4, -0.2) is 69.9 Å². The van der Waals surface area contributed by atoms with E-state index in [0.29, 0.717) is 42.2 Å². The van der Waals surface area contributed by atoms with Crippen LogP contribution in [0.3, 0.4) is 0 Å². The molecule has 44 heavy (non-hydrogen) atoms. The molecular formula is C33H35FN6O4. The van der Waals surface area contributed by atoms with Crippen molar-refractivity contribution in [3.05, 3.63) is 89.3 Å². The van der Waals surface area contributed by atoms with Crippen molar-refractivity contribution >= 4 is 17.0 Å². The number of rotatable bonds is 10. The van der Waals surface area contributed by atoms with Crippen molar-refractivity contribution in [3.63, 3.8) is 0 Å². The molecule has 0 amide bonds. The first-order chi connectivity index (χ1) is 21.4. The Morgan fingerprint density at radius 3 is 2.89 bits per heavy atom. The quantitative estimate of drug-likeness (QED) is 0.266. The largest absolute Gasteiger partial charge is 0.487 e. The lowest BCUT2D eigenvalue weighted by atomic mass is 10.0. The van der Waals surface area contributed by atoms with Crippen LogP contribution in [-0.2, 0) is 22.6 Å². The predicted octanol–water partition coefficient (Wildman–Crippen LogP) is 4.39. The Kier molecular flexibility index (Phi) is 8.84. The Balaban J connectivity index is 1.14. The Hall–Kier alpha value is -4.37. The molecule has 2 fully saturated rings. The number of nitrogens with one attached hydrogen (secondary N) is 1. The minimum Gasteiger partial charge on any atom is -0.487 e. The molecular weight excluding hydrogens is 563 g/mol. The summed E-state index contributed by atoms with van der Waals surface area (Å²) in [4.78, 5) is 24.5. The second kappa shape index (κ2) is 13.1. The van der Waals surface area contributed by atoms with Gasteiger partial charge in [0.1, 0.15) is 30.5 Å². The van der Waals surface area contributed by atoms with Crippen molar-refractivity contribution in [1.82, 2.24) is 24.8 Å². The molecule has 2 aromatic carbocycles. The van der Waals surface area contributed by atoms with Crippen LogP contribution in [0.15, 0.2) is 61.1 Å². The number of halogens is 1. The number of carbonyl (C=O) groups excluding carboxylic acids is 1. The van der Waals surface area contributed by atoms with Crippen LogP contribution in [0.1, 0.15) is 53.5 Å². The van der Waals surface area contributed by atoms with Crippen LogP contribution in [0.4, 0.5) is 4.39 Å². The van der Waals surface area contributed by atoms with Crippen molar-refractivity contribution in [3.8, 4) is 11.8 Å². The van der Waals surface area contributed by atoms with Gasteiger partial charge in [0.2, 0.25) is 0 Å². The van der Waals surface area contributed by atoms with E-state index in [1.165, 1.54) is 6.07 Å². The van der Waals surface area contributed by atoms with E-state index in [-0.39, 0.29) is 43.0 Å². The van der Waals surface area contributed by atoms with Crippen LogP contribution in [0.5, 0.6) is 5.75 Å². The van der Waals surface area contributed by atoms with Gasteiger partial charge in [0.05, 0.1) is 53.2 Å². The molecule has 0 unspecified atom stereocenters. The fraction of sp³-hybridized carbons (Fsp3) is 0.394. The van der Waals surface area contributed by atoms with E-state index in [1.54, 1.807) is 36.8 Å². The molecule has 2 aromatic heterocycles. The van der Waals surface area contributed by atoms with E-state index in [4.69, 9.17) is 19.5 Å². The highest BCUT2D eigenvalue weighted by Crippen LogP contribution is 2.32. The summed E-state index contributed by atoms with van der Waals surface area (Å²) >= 11 is 0. The van der Waals surface area contributed by atoms with Crippen molar-refractivity contribution in [2.75, 3.05) is 26.3 Å². The maximum atomic E-state index is 14.5. The lowest BCUT2D eigenvalue weighted by Crippen LogP contribution is -2.55. The molecule has 2 aliphatic rings. The van der Waals surface area contributed by atoms with E-state index >= 15 is 0 Å². The van der Waals surface area contributed by atoms with Gasteiger partial charge in [-0.3, -0.25) is 9.88 Å². The molecule has 4 atom stereocenters. The molecule has 2 aliphatic heterocycles. The summed E-state index contributed by atoms with van der Waals surface area (Å²) in [5.41, 5.74) is 3.50. The number of benzene rings is 2. The van der Waals surface area contributed by atoms with Gasteiger partial charge in [-0.2, -0.15) is 5.26 Å². The first-order valence-electron chi connectivity index (χ1n) is 14.9. The van der Waals surface area contributed by atoms with Crippen LogP contribution in [0, 0.1) is 17.1 Å². The Labute approximate surface area is 255 Å². The summed E-state index contributed by atoms with van der Waals surface area (Å²) in [7, 11) is 0. The molecule has 0 aliphatic carbocycles. The van der Waals surface area contributed by atoms with Crippen molar-refractivity contribution in [1.29, 1.82) is 5.26 Å². The van der Waals surface area contributed by atoms with Crippen molar-refractivity contribution in [2.45, 2.75) is 57.6 Å².